The molecule has 20 heavy (non-hydrogen) atoms. The second-order valence-corrected chi connectivity index (χ2v) is 6.33. The van der Waals surface area contributed by atoms with Gasteiger partial charge in [-0.3, -0.25) is 0 Å². The average molecular weight is 283 g/mol. The summed E-state index contributed by atoms with van der Waals surface area (Å²) in [7, 11) is 0. The molecule has 0 aromatic carbocycles. The van der Waals surface area contributed by atoms with E-state index in [1.165, 1.54) is 64.2 Å². The van der Waals surface area contributed by atoms with Crippen molar-refractivity contribution in [1.29, 1.82) is 0 Å². The summed E-state index contributed by atoms with van der Waals surface area (Å²) in [6.45, 7) is 8.61. The molecule has 0 rings (SSSR count). The van der Waals surface area contributed by atoms with Crippen LogP contribution in [0.1, 0.15) is 91.4 Å². The highest BCUT2D eigenvalue weighted by atomic mass is 16.5. The van der Waals surface area contributed by atoms with Crippen molar-refractivity contribution in [3.8, 4) is 0 Å². The molecule has 120 valence electrons. The Kier molecular flexibility index (Phi) is 16.5. The Morgan fingerprint density at radius 3 is 1.90 bits per heavy atom. The van der Waals surface area contributed by atoms with Crippen LogP contribution in [0.4, 0.5) is 0 Å². The predicted octanol–water partition coefficient (Wildman–Crippen LogP) is 6.53. The molecule has 0 unspecified atom stereocenters. The van der Waals surface area contributed by atoms with Gasteiger partial charge in [0.2, 0.25) is 0 Å². The summed E-state index contributed by atoms with van der Waals surface area (Å²) in [5, 5.41) is 0. The Bertz CT molecular complexity index is 196. The number of hydrogen-bond donors (Lipinski definition) is 0. The molecule has 0 saturated carbocycles. The Labute approximate surface area is 128 Å². The van der Waals surface area contributed by atoms with Gasteiger partial charge in [-0.15, -0.1) is 0 Å². The fourth-order valence-electron chi connectivity index (χ4n) is 2.39. The first-order valence-corrected chi connectivity index (χ1v) is 8.96. The summed E-state index contributed by atoms with van der Waals surface area (Å²) < 4.78 is 5.63. The topological polar surface area (TPSA) is 9.23 Å². The highest BCUT2D eigenvalue weighted by Gasteiger charge is 1.95. The highest BCUT2D eigenvalue weighted by molar-refractivity contribution is 4.75. The summed E-state index contributed by atoms with van der Waals surface area (Å²) in [6, 6.07) is 0. The molecular weight excluding hydrogens is 244 g/mol. The van der Waals surface area contributed by atoms with Gasteiger partial charge < -0.3 is 4.74 Å². The van der Waals surface area contributed by atoms with Gasteiger partial charge in [-0.1, -0.05) is 77.4 Å². The van der Waals surface area contributed by atoms with Crippen molar-refractivity contribution in [2.75, 3.05) is 13.2 Å². The maximum absolute atomic E-state index is 5.63. The molecule has 1 heteroatoms. The van der Waals surface area contributed by atoms with E-state index < -0.39 is 0 Å². The van der Waals surface area contributed by atoms with E-state index >= 15 is 0 Å². The van der Waals surface area contributed by atoms with Crippen LogP contribution in [0.5, 0.6) is 0 Å². The normalized spacial score (nSPS) is 11.8. The molecule has 0 spiro atoms. The van der Waals surface area contributed by atoms with Crippen molar-refractivity contribution in [2.24, 2.45) is 5.92 Å². The number of ether oxygens (including phenoxy) is 1. The van der Waals surface area contributed by atoms with Gasteiger partial charge in [0.05, 0.1) is 0 Å². The number of unbranched alkanes of at least 4 members (excludes halogenated alkanes) is 8. The zero-order valence-corrected chi connectivity index (χ0v) is 14.3. The number of hydrogen-bond acceptors (Lipinski definition) is 1. The molecular formula is C19H38O. The van der Waals surface area contributed by atoms with Gasteiger partial charge in [-0.05, 0) is 32.1 Å². The molecule has 0 heterocycles. The van der Waals surface area contributed by atoms with E-state index in [-0.39, 0.29) is 0 Å². The van der Waals surface area contributed by atoms with Gasteiger partial charge in [0.1, 0.15) is 0 Å². The molecule has 0 bridgehead atoms. The second kappa shape index (κ2) is 16.8. The van der Waals surface area contributed by atoms with Crippen LogP contribution < -0.4 is 0 Å². The third kappa shape index (κ3) is 17.7. The monoisotopic (exact) mass is 282 g/mol. The maximum Gasteiger partial charge on any atom is 0.0468 e. The SMILES string of the molecule is CC=CCCCOCCCCCCCCCCC(C)C. The maximum atomic E-state index is 5.63. The quantitative estimate of drug-likeness (QED) is 0.245. The Hall–Kier alpha value is -0.300. The van der Waals surface area contributed by atoms with E-state index in [1.807, 2.05) is 0 Å². The lowest BCUT2D eigenvalue weighted by Crippen LogP contribution is -1.96. The first-order chi connectivity index (χ1) is 9.77. The number of rotatable bonds is 15. The van der Waals surface area contributed by atoms with Crippen LogP contribution in [0.3, 0.4) is 0 Å². The molecule has 0 aliphatic heterocycles. The molecule has 0 radical (unpaired) electrons. The van der Waals surface area contributed by atoms with Crippen molar-refractivity contribution in [3.63, 3.8) is 0 Å². The van der Waals surface area contributed by atoms with E-state index in [2.05, 4.69) is 32.9 Å². The Morgan fingerprint density at radius 1 is 0.750 bits per heavy atom. The third-order valence-corrected chi connectivity index (χ3v) is 3.72. The van der Waals surface area contributed by atoms with Crippen molar-refractivity contribution < 1.29 is 4.74 Å². The molecule has 0 amide bonds. The first-order valence-electron chi connectivity index (χ1n) is 8.96. The summed E-state index contributed by atoms with van der Waals surface area (Å²) in [5.41, 5.74) is 0. The zero-order chi connectivity index (χ0) is 14.9. The van der Waals surface area contributed by atoms with Crippen molar-refractivity contribution >= 4 is 0 Å². The smallest absolute Gasteiger partial charge is 0.0468 e. The fourth-order valence-corrected chi connectivity index (χ4v) is 2.39. The molecule has 1 nitrogen and oxygen atoms in total. The van der Waals surface area contributed by atoms with Gasteiger partial charge in [-0.2, -0.15) is 0 Å². The largest absolute Gasteiger partial charge is 0.381 e. The average Bonchev–Trinajstić information content (AvgIpc) is 2.43. The first kappa shape index (κ1) is 19.7. The van der Waals surface area contributed by atoms with Gasteiger partial charge >= 0.3 is 0 Å². The lowest BCUT2D eigenvalue weighted by atomic mass is 10.0. The summed E-state index contributed by atoms with van der Waals surface area (Å²) in [6.07, 6.45) is 19.2. The molecule has 0 aliphatic rings. The third-order valence-electron chi connectivity index (χ3n) is 3.72. The predicted molar refractivity (Wildman–Crippen MR) is 91.3 cm³/mol. The van der Waals surface area contributed by atoms with Crippen molar-refractivity contribution in [1.82, 2.24) is 0 Å². The molecule has 0 aromatic heterocycles. The molecule has 0 fully saturated rings. The second-order valence-electron chi connectivity index (χ2n) is 6.33. The summed E-state index contributed by atoms with van der Waals surface area (Å²) in [4.78, 5) is 0. The van der Waals surface area contributed by atoms with Gasteiger partial charge in [0.25, 0.3) is 0 Å². The van der Waals surface area contributed by atoms with Crippen LogP contribution >= 0.6 is 0 Å². The van der Waals surface area contributed by atoms with Crippen molar-refractivity contribution in [3.05, 3.63) is 12.2 Å². The Morgan fingerprint density at radius 2 is 1.30 bits per heavy atom. The fraction of sp³-hybridized carbons (Fsp3) is 0.895. The van der Waals surface area contributed by atoms with Gasteiger partial charge in [-0.25, -0.2) is 0 Å². The van der Waals surface area contributed by atoms with Crippen LogP contribution in [0.2, 0.25) is 0 Å². The molecule has 0 aliphatic carbocycles. The highest BCUT2D eigenvalue weighted by Crippen LogP contribution is 2.12. The van der Waals surface area contributed by atoms with Crippen LogP contribution in [-0.2, 0) is 4.74 Å². The standard InChI is InChI=1S/C19H38O/c1-4-5-6-14-17-20-18-15-12-10-8-7-9-11-13-16-19(2)3/h4-5,19H,6-18H2,1-3H3. The van der Waals surface area contributed by atoms with E-state index in [0.717, 1.165) is 25.6 Å². The summed E-state index contributed by atoms with van der Waals surface area (Å²) in [5.74, 6) is 0.882. The summed E-state index contributed by atoms with van der Waals surface area (Å²) >= 11 is 0. The van der Waals surface area contributed by atoms with Crippen LogP contribution in [0.15, 0.2) is 12.2 Å². The van der Waals surface area contributed by atoms with Crippen LogP contribution in [-0.4, -0.2) is 13.2 Å². The van der Waals surface area contributed by atoms with E-state index in [0.29, 0.717) is 0 Å². The van der Waals surface area contributed by atoms with Crippen LogP contribution in [0, 0.1) is 5.92 Å². The minimum Gasteiger partial charge on any atom is -0.381 e. The van der Waals surface area contributed by atoms with Crippen molar-refractivity contribution in [2.45, 2.75) is 91.4 Å². The zero-order valence-electron chi connectivity index (χ0n) is 14.3. The lowest BCUT2D eigenvalue weighted by Gasteiger charge is -2.05. The Balaban J connectivity index is 2.96. The van der Waals surface area contributed by atoms with E-state index in [4.69, 9.17) is 4.74 Å². The number of allylic oxidation sites excluding steroid dienone is 2. The van der Waals surface area contributed by atoms with Gasteiger partial charge in [0, 0.05) is 13.2 Å². The molecule has 0 N–H and O–H groups in total. The molecule has 0 aromatic rings. The van der Waals surface area contributed by atoms with E-state index in [1.54, 1.807) is 0 Å². The molecule has 0 atom stereocenters. The van der Waals surface area contributed by atoms with Gasteiger partial charge in [0.15, 0.2) is 0 Å². The minimum absolute atomic E-state index is 0.882. The lowest BCUT2D eigenvalue weighted by molar-refractivity contribution is 0.128. The minimum atomic E-state index is 0.882. The van der Waals surface area contributed by atoms with E-state index in [9.17, 15) is 0 Å². The molecule has 0 saturated heterocycles. The van der Waals surface area contributed by atoms with Crippen LogP contribution in [0.25, 0.3) is 0 Å².